The van der Waals surface area contributed by atoms with Gasteiger partial charge in [-0.3, -0.25) is 0 Å². The first-order valence-electron chi connectivity index (χ1n) is 6.44. The summed E-state index contributed by atoms with van der Waals surface area (Å²) in [7, 11) is 0. The van der Waals surface area contributed by atoms with Crippen LogP contribution >= 0.6 is 0 Å². The maximum atomic E-state index is 11.6. The Kier molecular flexibility index (Phi) is 4.42. The number of aliphatic carboxylic acids is 1. The zero-order valence-electron chi connectivity index (χ0n) is 11.2. The van der Waals surface area contributed by atoms with Gasteiger partial charge in [0.25, 0.3) is 0 Å². The maximum absolute atomic E-state index is 11.6. The zero-order chi connectivity index (χ0) is 15.3. The standard InChI is InChI=1S/C14H15NO6/c16-11(10-4-2-1-3-5-10)20-8-9-21-13(19)15-14(6-7-14)12(17)18/h1-5H,6-9H2,(H,15,19)(H,17,18). The van der Waals surface area contributed by atoms with Crippen LogP contribution in [0.5, 0.6) is 0 Å². The van der Waals surface area contributed by atoms with Crippen LogP contribution in [-0.2, 0) is 14.3 Å². The fourth-order valence-electron chi connectivity index (χ4n) is 1.68. The molecule has 0 spiro atoms. The van der Waals surface area contributed by atoms with Crippen molar-refractivity contribution in [3.05, 3.63) is 35.9 Å². The van der Waals surface area contributed by atoms with Crippen LogP contribution in [0.15, 0.2) is 30.3 Å². The molecule has 1 amide bonds. The molecule has 1 aromatic rings. The Hall–Kier alpha value is -2.57. The van der Waals surface area contributed by atoms with Crippen LogP contribution in [0.1, 0.15) is 23.2 Å². The van der Waals surface area contributed by atoms with Crippen molar-refractivity contribution in [2.75, 3.05) is 13.2 Å². The van der Waals surface area contributed by atoms with E-state index in [4.69, 9.17) is 14.6 Å². The molecule has 2 N–H and O–H groups in total. The molecule has 7 heteroatoms. The Labute approximate surface area is 120 Å². The van der Waals surface area contributed by atoms with E-state index in [-0.39, 0.29) is 13.2 Å². The van der Waals surface area contributed by atoms with Gasteiger partial charge in [-0.05, 0) is 25.0 Å². The van der Waals surface area contributed by atoms with Gasteiger partial charge in [0, 0.05) is 0 Å². The second kappa shape index (κ2) is 6.25. The quantitative estimate of drug-likeness (QED) is 0.603. The summed E-state index contributed by atoms with van der Waals surface area (Å²) in [6.45, 7) is -0.235. The normalized spacial score (nSPS) is 14.9. The molecule has 21 heavy (non-hydrogen) atoms. The predicted octanol–water partition coefficient (Wildman–Crippen LogP) is 1.19. The number of ether oxygens (including phenoxy) is 2. The molecule has 2 rings (SSSR count). The van der Waals surface area contributed by atoms with E-state index in [1.165, 1.54) is 0 Å². The van der Waals surface area contributed by atoms with E-state index in [0.29, 0.717) is 18.4 Å². The minimum absolute atomic E-state index is 0.0960. The van der Waals surface area contributed by atoms with E-state index in [0.717, 1.165) is 0 Å². The van der Waals surface area contributed by atoms with E-state index in [9.17, 15) is 14.4 Å². The van der Waals surface area contributed by atoms with E-state index in [1.54, 1.807) is 30.3 Å². The highest BCUT2D eigenvalue weighted by Crippen LogP contribution is 2.35. The summed E-state index contributed by atoms with van der Waals surface area (Å²) >= 11 is 0. The fraction of sp³-hybridized carbons (Fsp3) is 0.357. The molecule has 0 atom stereocenters. The smallest absolute Gasteiger partial charge is 0.408 e. The fourth-order valence-corrected chi connectivity index (χ4v) is 1.68. The van der Waals surface area contributed by atoms with Crippen LogP contribution in [0.2, 0.25) is 0 Å². The number of alkyl carbamates (subject to hydrolysis) is 1. The molecule has 0 saturated heterocycles. The summed E-state index contributed by atoms with van der Waals surface area (Å²) in [4.78, 5) is 33.8. The molecule has 0 aliphatic heterocycles. The van der Waals surface area contributed by atoms with Crippen LogP contribution < -0.4 is 5.32 Å². The molecule has 0 aromatic heterocycles. The summed E-state index contributed by atoms with van der Waals surface area (Å²) in [5.41, 5.74) is -0.776. The van der Waals surface area contributed by atoms with Crippen LogP contribution in [0, 0.1) is 0 Å². The van der Waals surface area contributed by atoms with Crippen molar-refractivity contribution in [3.63, 3.8) is 0 Å². The van der Waals surface area contributed by atoms with E-state index >= 15 is 0 Å². The number of hydrogen-bond acceptors (Lipinski definition) is 5. The van der Waals surface area contributed by atoms with E-state index in [1.807, 2.05) is 0 Å². The second-order valence-corrected chi connectivity index (χ2v) is 4.65. The van der Waals surface area contributed by atoms with Gasteiger partial charge in [-0.1, -0.05) is 18.2 Å². The number of benzene rings is 1. The molecule has 0 heterocycles. The number of carbonyl (C=O) groups is 3. The van der Waals surface area contributed by atoms with Gasteiger partial charge in [-0.2, -0.15) is 0 Å². The first kappa shape index (κ1) is 14.8. The predicted molar refractivity (Wildman–Crippen MR) is 70.8 cm³/mol. The third-order valence-corrected chi connectivity index (χ3v) is 3.06. The third-order valence-electron chi connectivity index (χ3n) is 3.06. The Balaban J connectivity index is 1.65. The molecule has 1 aliphatic rings. The average molecular weight is 293 g/mol. The second-order valence-electron chi connectivity index (χ2n) is 4.65. The number of nitrogens with one attached hydrogen (secondary N) is 1. The third kappa shape index (κ3) is 3.95. The molecule has 112 valence electrons. The van der Waals surface area contributed by atoms with Crippen molar-refractivity contribution in [1.29, 1.82) is 0 Å². The van der Waals surface area contributed by atoms with Crippen molar-refractivity contribution >= 4 is 18.0 Å². The maximum Gasteiger partial charge on any atom is 0.408 e. The summed E-state index contributed by atoms with van der Waals surface area (Å²) in [6, 6.07) is 8.42. The van der Waals surface area contributed by atoms with Gasteiger partial charge in [0.1, 0.15) is 18.8 Å². The Morgan fingerprint density at radius 2 is 1.71 bits per heavy atom. The van der Waals surface area contributed by atoms with Crippen LogP contribution in [0.25, 0.3) is 0 Å². The zero-order valence-corrected chi connectivity index (χ0v) is 11.2. The van der Waals surface area contributed by atoms with Crippen LogP contribution in [-0.4, -0.2) is 41.9 Å². The lowest BCUT2D eigenvalue weighted by Gasteiger charge is -2.12. The number of amides is 1. The number of rotatable bonds is 6. The molecule has 7 nitrogen and oxygen atoms in total. The van der Waals surface area contributed by atoms with Crippen molar-refractivity contribution in [2.45, 2.75) is 18.4 Å². The summed E-state index contributed by atoms with van der Waals surface area (Å²) < 4.78 is 9.68. The number of carboxylic acid groups (broad SMARTS) is 1. The SMILES string of the molecule is O=C(NC1(C(=O)O)CC1)OCCOC(=O)c1ccccc1. The van der Waals surface area contributed by atoms with Crippen LogP contribution in [0.4, 0.5) is 4.79 Å². The lowest BCUT2D eigenvalue weighted by molar-refractivity contribution is -0.140. The molecular weight excluding hydrogens is 278 g/mol. The molecule has 0 bridgehead atoms. The first-order chi connectivity index (χ1) is 10.0. The van der Waals surface area contributed by atoms with Gasteiger partial charge < -0.3 is 19.9 Å². The first-order valence-corrected chi connectivity index (χ1v) is 6.44. The van der Waals surface area contributed by atoms with Crippen molar-refractivity contribution in [3.8, 4) is 0 Å². The summed E-state index contributed by atoms with van der Waals surface area (Å²) in [6.07, 6.45) is -0.0495. The van der Waals surface area contributed by atoms with Gasteiger partial charge in [0.05, 0.1) is 5.56 Å². The minimum atomic E-state index is -1.18. The van der Waals surface area contributed by atoms with Gasteiger partial charge >= 0.3 is 18.0 Å². The summed E-state index contributed by atoms with van der Waals surface area (Å²) in [5.74, 6) is -1.58. The molecule has 0 radical (unpaired) electrons. The average Bonchev–Trinajstić information content (AvgIpc) is 3.25. The molecule has 1 aromatic carbocycles. The number of esters is 1. The van der Waals surface area contributed by atoms with E-state index in [2.05, 4.69) is 5.32 Å². The highest BCUT2D eigenvalue weighted by molar-refractivity contribution is 5.89. The molecule has 1 aliphatic carbocycles. The Morgan fingerprint density at radius 3 is 2.29 bits per heavy atom. The van der Waals surface area contributed by atoms with Gasteiger partial charge in [-0.15, -0.1) is 0 Å². The molecule has 1 saturated carbocycles. The highest BCUT2D eigenvalue weighted by atomic mass is 16.6. The summed E-state index contributed by atoms with van der Waals surface area (Å²) in [5, 5.41) is 11.2. The van der Waals surface area contributed by atoms with Gasteiger partial charge in [0.2, 0.25) is 0 Å². The largest absolute Gasteiger partial charge is 0.480 e. The highest BCUT2D eigenvalue weighted by Gasteiger charge is 2.52. The van der Waals surface area contributed by atoms with Crippen LogP contribution in [0.3, 0.4) is 0 Å². The monoisotopic (exact) mass is 293 g/mol. The molecule has 1 fully saturated rings. The lowest BCUT2D eigenvalue weighted by Crippen LogP contribution is -2.43. The minimum Gasteiger partial charge on any atom is -0.480 e. The molecule has 0 unspecified atom stereocenters. The topological polar surface area (TPSA) is 102 Å². The van der Waals surface area contributed by atoms with E-state index < -0.39 is 23.6 Å². The lowest BCUT2D eigenvalue weighted by atomic mass is 10.2. The van der Waals surface area contributed by atoms with Crippen molar-refractivity contribution in [2.24, 2.45) is 0 Å². The molecular formula is C14H15NO6. The van der Waals surface area contributed by atoms with Crippen molar-refractivity contribution < 1.29 is 29.0 Å². The Morgan fingerprint density at radius 1 is 1.10 bits per heavy atom. The number of hydrogen-bond donors (Lipinski definition) is 2. The van der Waals surface area contributed by atoms with Gasteiger partial charge in [0.15, 0.2) is 0 Å². The Bertz CT molecular complexity index is 538. The van der Waals surface area contributed by atoms with Gasteiger partial charge in [-0.25, -0.2) is 14.4 Å². The van der Waals surface area contributed by atoms with Crippen molar-refractivity contribution in [1.82, 2.24) is 5.32 Å². The number of carbonyl (C=O) groups excluding carboxylic acids is 2. The number of carboxylic acids is 1.